The van der Waals surface area contributed by atoms with Crippen molar-refractivity contribution in [2.75, 3.05) is 12.3 Å². The Morgan fingerprint density at radius 3 is 2.85 bits per heavy atom. The molecule has 0 amide bonds. The number of hydrogen-bond donors (Lipinski definition) is 1. The van der Waals surface area contributed by atoms with E-state index in [-0.39, 0.29) is 0 Å². The Morgan fingerprint density at radius 2 is 2.10 bits per heavy atom. The quantitative estimate of drug-likeness (QED) is 0.738. The number of benzene rings is 1. The Balaban J connectivity index is 1.75. The first-order valence-corrected chi connectivity index (χ1v) is 8.50. The molecule has 2 rings (SSSR count). The second-order valence-corrected chi connectivity index (χ2v) is 6.63. The molecule has 1 aliphatic carbocycles. The molecule has 0 heterocycles. The van der Waals surface area contributed by atoms with Crippen LogP contribution < -0.4 is 5.32 Å². The molecule has 2 atom stereocenters. The van der Waals surface area contributed by atoms with Crippen LogP contribution in [0.1, 0.15) is 39.0 Å². The zero-order valence-corrected chi connectivity index (χ0v) is 12.8. The molecule has 1 nitrogen and oxygen atoms in total. The molecule has 1 N–H and O–H groups in total. The van der Waals surface area contributed by atoms with Crippen LogP contribution in [0.15, 0.2) is 23.1 Å². The Morgan fingerprint density at radius 1 is 1.25 bits per heavy atom. The van der Waals surface area contributed by atoms with Crippen LogP contribution in [-0.4, -0.2) is 18.3 Å². The molecular formula is C16H23F2NS. The average Bonchev–Trinajstić information content (AvgIpc) is 2.88. The first-order valence-electron chi connectivity index (χ1n) is 7.52. The highest BCUT2D eigenvalue weighted by Crippen LogP contribution is 2.31. The molecule has 4 heteroatoms. The highest BCUT2D eigenvalue weighted by molar-refractivity contribution is 7.99. The number of halogens is 2. The molecule has 1 aromatic carbocycles. The van der Waals surface area contributed by atoms with E-state index in [1.807, 2.05) is 0 Å². The lowest BCUT2D eigenvalue weighted by molar-refractivity contribution is 0.393. The SMILES string of the molecule is CCCNC1CCCC1CCSc1ccc(F)c(F)c1. The molecule has 20 heavy (non-hydrogen) atoms. The minimum atomic E-state index is -0.769. The lowest BCUT2D eigenvalue weighted by Gasteiger charge is -2.20. The van der Waals surface area contributed by atoms with Gasteiger partial charge in [0.25, 0.3) is 0 Å². The summed E-state index contributed by atoms with van der Waals surface area (Å²) in [4.78, 5) is 0.819. The van der Waals surface area contributed by atoms with Crippen LogP contribution in [0.5, 0.6) is 0 Å². The summed E-state index contributed by atoms with van der Waals surface area (Å²) in [5, 5.41) is 3.63. The lowest BCUT2D eigenvalue weighted by atomic mass is 10.0. The molecule has 0 radical (unpaired) electrons. The molecule has 0 aliphatic heterocycles. The molecule has 112 valence electrons. The van der Waals surface area contributed by atoms with Crippen molar-refractivity contribution in [1.82, 2.24) is 5.32 Å². The van der Waals surface area contributed by atoms with Gasteiger partial charge in [-0.05, 0) is 62.1 Å². The van der Waals surface area contributed by atoms with Gasteiger partial charge in [0.15, 0.2) is 11.6 Å². The van der Waals surface area contributed by atoms with Gasteiger partial charge in [0.2, 0.25) is 0 Å². The van der Waals surface area contributed by atoms with Crippen molar-refractivity contribution in [1.29, 1.82) is 0 Å². The molecule has 0 spiro atoms. The monoisotopic (exact) mass is 299 g/mol. The number of rotatable bonds is 7. The fourth-order valence-corrected chi connectivity index (χ4v) is 3.88. The van der Waals surface area contributed by atoms with Crippen molar-refractivity contribution in [2.24, 2.45) is 5.92 Å². The second kappa shape index (κ2) is 7.99. The zero-order chi connectivity index (χ0) is 14.4. The third kappa shape index (κ3) is 4.45. The van der Waals surface area contributed by atoms with Crippen LogP contribution in [0.2, 0.25) is 0 Å². The highest BCUT2D eigenvalue weighted by atomic mass is 32.2. The van der Waals surface area contributed by atoms with Crippen molar-refractivity contribution in [3.05, 3.63) is 29.8 Å². The van der Waals surface area contributed by atoms with Crippen LogP contribution in [0.25, 0.3) is 0 Å². The van der Waals surface area contributed by atoms with Gasteiger partial charge in [-0.15, -0.1) is 11.8 Å². The summed E-state index contributed by atoms with van der Waals surface area (Å²) in [6.45, 7) is 3.29. The van der Waals surface area contributed by atoms with Gasteiger partial charge in [0.05, 0.1) is 0 Å². The number of hydrogen-bond acceptors (Lipinski definition) is 2. The van der Waals surface area contributed by atoms with Gasteiger partial charge in [0, 0.05) is 10.9 Å². The zero-order valence-electron chi connectivity index (χ0n) is 12.0. The summed E-state index contributed by atoms with van der Waals surface area (Å²) in [6, 6.07) is 4.81. The van der Waals surface area contributed by atoms with E-state index in [0.717, 1.165) is 29.5 Å². The van der Waals surface area contributed by atoms with E-state index in [1.54, 1.807) is 17.8 Å². The van der Waals surface area contributed by atoms with E-state index >= 15 is 0 Å². The maximum absolute atomic E-state index is 13.1. The predicted octanol–water partition coefficient (Wildman–Crippen LogP) is 4.62. The first-order chi connectivity index (χ1) is 9.70. The van der Waals surface area contributed by atoms with Crippen molar-refractivity contribution in [3.8, 4) is 0 Å². The van der Waals surface area contributed by atoms with E-state index in [4.69, 9.17) is 0 Å². The second-order valence-electron chi connectivity index (χ2n) is 5.46. The van der Waals surface area contributed by atoms with Gasteiger partial charge < -0.3 is 5.32 Å². The molecule has 1 saturated carbocycles. The Hall–Kier alpha value is -0.610. The van der Waals surface area contributed by atoms with Gasteiger partial charge in [-0.25, -0.2) is 8.78 Å². The molecule has 2 unspecified atom stereocenters. The maximum Gasteiger partial charge on any atom is 0.159 e. The van der Waals surface area contributed by atoms with Crippen molar-refractivity contribution < 1.29 is 8.78 Å². The van der Waals surface area contributed by atoms with Gasteiger partial charge >= 0.3 is 0 Å². The fourth-order valence-electron chi connectivity index (χ4n) is 2.88. The largest absolute Gasteiger partial charge is 0.314 e. The normalized spacial score (nSPS) is 22.4. The molecule has 1 aromatic rings. The number of nitrogens with one attached hydrogen (secondary N) is 1. The topological polar surface area (TPSA) is 12.0 Å². The minimum Gasteiger partial charge on any atom is -0.314 e. The summed E-state index contributed by atoms with van der Waals surface area (Å²) in [7, 11) is 0. The van der Waals surface area contributed by atoms with Crippen LogP contribution in [0.3, 0.4) is 0 Å². The van der Waals surface area contributed by atoms with Gasteiger partial charge in [0.1, 0.15) is 0 Å². The third-order valence-electron chi connectivity index (χ3n) is 3.96. The lowest BCUT2D eigenvalue weighted by Crippen LogP contribution is -2.33. The van der Waals surface area contributed by atoms with Crippen LogP contribution >= 0.6 is 11.8 Å². The van der Waals surface area contributed by atoms with E-state index in [9.17, 15) is 8.78 Å². The van der Waals surface area contributed by atoms with Crippen molar-refractivity contribution in [3.63, 3.8) is 0 Å². The van der Waals surface area contributed by atoms with Gasteiger partial charge in [-0.3, -0.25) is 0 Å². The van der Waals surface area contributed by atoms with Crippen LogP contribution in [0.4, 0.5) is 8.78 Å². The van der Waals surface area contributed by atoms with Crippen molar-refractivity contribution >= 4 is 11.8 Å². The Kier molecular flexibility index (Phi) is 6.30. The summed E-state index contributed by atoms with van der Waals surface area (Å²) in [5.74, 6) is 0.187. The summed E-state index contributed by atoms with van der Waals surface area (Å²) >= 11 is 1.62. The molecule has 1 fully saturated rings. The third-order valence-corrected chi connectivity index (χ3v) is 4.99. The van der Waals surface area contributed by atoms with Crippen LogP contribution in [0, 0.1) is 17.6 Å². The van der Waals surface area contributed by atoms with Gasteiger partial charge in [-0.2, -0.15) is 0 Å². The maximum atomic E-state index is 13.1. The Bertz CT molecular complexity index is 425. The van der Waals surface area contributed by atoms with E-state index in [1.165, 1.54) is 37.8 Å². The Labute approximate surface area is 124 Å². The van der Waals surface area contributed by atoms with Gasteiger partial charge in [-0.1, -0.05) is 13.3 Å². The standard InChI is InChI=1S/C16H23F2NS/c1-2-9-19-16-5-3-4-12(16)8-10-20-13-6-7-14(17)15(18)11-13/h6-7,11-12,16,19H,2-5,8-10H2,1H3. The summed E-state index contributed by atoms with van der Waals surface area (Å²) in [6.07, 6.45) is 6.19. The summed E-state index contributed by atoms with van der Waals surface area (Å²) in [5.41, 5.74) is 0. The van der Waals surface area contributed by atoms with Crippen LogP contribution in [-0.2, 0) is 0 Å². The molecule has 1 aliphatic rings. The molecular weight excluding hydrogens is 276 g/mol. The molecule has 0 aromatic heterocycles. The van der Waals surface area contributed by atoms with E-state index in [0.29, 0.717) is 6.04 Å². The van der Waals surface area contributed by atoms with Crippen molar-refractivity contribution in [2.45, 2.75) is 50.0 Å². The predicted molar refractivity (Wildman–Crippen MR) is 81.1 cm³/mol. The fraction of sp³-hybridized carbons (Fsp3) is 0.625. The van der Waals surface area contributed by atoms with E-state index < -0.39 is 11.6 Å². The molecule has 0 saturated heterocycles. The number of thioether (sulfide) groups is 1. The highest BCUT2D eigenvalue weighted by Gasteiger charge is 2.25. The smallest absolute Gasteiger partial charge is 0.159 e. The molecule has 0 bridgehead atoms. The average molecular weight is 299 g/mol. The minimum absolute atomic E-state index is 0.653. The first kappa shape index (κ1) is 15.8. The summed E-state index contributed by atoms with van der Waals surface area (Å²) < 4.78 is 26.0. The van der Waals surface area contributed by atoms with E-state index in [2.05, 4.69) is 12.2 Å².